The molecule has 9 heteroatoms. The molecule has 0 unspecified atom stereocenters. The molecule has 2 saturated heterocycles. The molecule has 1 aromatic carbocycles. The van der Waals surface area contributed by atoms with Crippen molar-refractivity contribution in [2.24, 2.45) is 5.92 Å². The Balaban J connectivity index is 1.81. The predicted octanol–water partition coefficient (Wildman–Crippen LogP) is 2.23. The van der Waals surface area contributed by atoms with E-state index in [4.69, 9.17) is 0 Å². The average Bonchev–Trinajstić information content (AvgIpc) is 3.18. The van der Waals surface area contributed by atoms with E-state index >= 15 is 0 Å². The molecule has 1 aromatic heterocycles. The molecular weight excluding hydrogens is 410 g/mol. The van der Waals surface area contributed by atoms with E-state index in [0.29, 0.717) is 19.4 Å². The lowest BCUT2D eigenvalue weighted by molar-refractivity contribution is -0.137. The van der Waals surface area contributed by atoms with Crippen LogP contribution in [0.4, 0.5) is 0 Å². The minimum Gasteiger partial charge on any atom is -0.394 e. The van der Waals surface area contributed by atoms with E-state index in [1.54, 1.807) is 41.6 Å². The Morgan fingerprint density at radius 3 is 2.93 bits per heavy atom. The molecule has 2 fully saturated rings. The maximum Gasteiger partial charge on any atom is 0.244 e. The molecule has 156 valence electrons. The molecular formula is C20H25N3O4S2. The summed E-state index contributed by atoms with van der Waals surface area (Å²) in [5, 5.41) is 9.62. The molecule has 1 amide bonds. The number of fused-ring (bicyclic) bond motifs is 3. The largest absolute Gasteiger partial charge is 0.394 e. The predicted molar refractivity (Wildman–Crippen MR) is 112 cm³/mol. The van der Waals surface area contributed by atoms with Crippen LogP contribution in [0, 0.1) is 5.92 Å². The van der Waals surface area contributed by atoms with E-state index in [9.17, 15) is 18.3 Å². The quantitative estimate of drug-likeness (QED) is 0.728. The number of thiazole rings is 1. The van der Waals surface area contributed by atoms with E-state index in [2.05, 4.69) is 11.6 Å². The van der Waals surface area contributed by atoms with Gasteiger partial charge in [-0.15, -0.1) is 17.9 Å². The van der Waals surface area contributed by atoms with Crippen molar-refractivity contribution in [1.29, 1.82) is 0 Å². The highest BCUT2D eigenvalue weighted by atomic mass is 32.2. The standard InChI is InChI=1S/C20H25N3O4S2/c1-3-14-10-22(13(2)11-24)20(25)18-6-4-5-17(14)23(18)29(26,27)15-7-8-16-19(9-15)28-12-21-16/h3,7-9,12-14,17-18,24H,1,4-6,10-11H2,2H3/t13-,14-,17+,18-/m0/s1. The van der Waals surface area contributed by atoms with Gasteiger partial charge in [-0.25, -0.2) is 13.4 Å². The van der Waals surface area contributed by atoms with Crippen LogP contribution in [0.5, 0.6) is 0 Å². The highest BCUT2D eigenvalue weighted by molar-refractivity contribution is 7.89. The summed E-state index contributed by atoms with van der Waals surface area (Å²) in [4.78, 5) is 19.4. The summed E-state index contributed by atoms with van der Waals surface area (Å²) in [5.41, 5.74) is 2.45. The molecule has 3 heterocycles. The zero-order chi connectivity index (χ0) is 20.8. The van der Waals surface area contributed by atoms with E-state index < -0.39 is 16.1 Å². The Labute approximate surface area is 174 Å². The van der Waals surface area contributed by atoms with Gasteiger partial charge in [-0.05, 0) is 44.4 Å². The number of hydrogen-bond donors (Lipinski definition) is 1. The SMILES string of the molecule is C=C[C@H]1CN([C@@H](C)CO)C(=O)[C@@H]2CCC[C@H]1N2S(=O)(=O)c1ccc2ncsc2c1. The van der Waals surface area contributed by atoms with Crippen molar-refractivity contribution in [2.45, 2.75) is 49.2 Å². The van der Waals surface area contributed by atoms with E-state index in [1.807, 2.05) is 0 Å². The number of aliphatic hydroxyl groups excluding tert-OH is 1. The summed E-state index contributed by atoms with van der Waals surface area (Å²) in [6.07, 6.45) is 3.70. The van der Waals surface area contributed by atoms with Crippen LogP contribution in [-0.4, -0.2) is 64.9 Å². The lowest BCUT2D eigenvalue weighted by Gasteiger charge is -2.40. The third-order valence-electron chi connectivity index (χ3n) is 6.06. The number of carbonyl (C=O) groups excluding carboxylic acids is 1. The molecule has 0 radical (unpaired) electrons. The number of hydrogen-bond acceptors (Lipinski definition) is 6. The van der Waals surface area contributed by atoms with Crippen LogP contribution in [0.3, 0.4) is 0 Å². The second-order valence-corrected chi connectivity index (χ2v) is 10.5. The lowest BCUT2D eigenvalue weighted by atomic mass is 9.90. The topological polar surface area (TPSA) is 90.8 Å². The molecule has 4 rings (SSSR count). The summed E-state index contributed by atoms with van der Waals surface area (Å²) in [6.45, 7) is 5.90. The molecule has 2 aliphatic heterocycles. The number of carbonyl (C=O) groups is 1. The Morgan fingerprint density at radius 2 is 2.21 bits per heavy atom. The molecule has 0 spiro atoms. The molecule has 2 bridgehead atoms. The molecule has 0 saturated carbocycles. The van der Waals surface area contributed by atoms with Crippen molar-refractivity contribution in [2.75, 3.05) is 13.2 Å². The number of sulfonamides is 1. The van der Waals surface area contributed by atoms with Gasteiger partial charge in [-0.2, -0.15) is 4.31 Å². The van der Waals surface area contributed by atoms with Gasteiger partial charge >= 0.3 is 0 Å². The minimum atomic E-state index is -3.89. The van der Waals surface area contributed by atoms with Gasteiger partial charge in [0.2, 0.25) is 15.9 Å². The fourth-order valence-electron chi connectivity index (χ4n) is 4.46. The van der Waals surface area contributed by atoms with Crippen LogP contribution in [0.1, 0.15) is 26.2 Å². The Morgan fingerprint density at radius 1 is 1.41 bits per heavy atom. The summed E-state index contributed by atoms with van der Waals surface area (Å²) in [5.74, 6) is -0.428. The van der Waals surface area contributed by atoms with Gasteiger partial charge in [-0.3, -0.25) is 4.79 Å². The maximum absolute atomic E-state index is 13.7. The molecule has 1 N–H and O–H groups in total. The first-order valence-electron chi connectivity index (χ1n) is 9.79. The molecule has 29 heavy (non-hydrogen) atoms. The number of benzene rings is 1. The molecule has 7 nitrogen and oxygen atoms in total. The van der Waals surface area contributed by atoms with Crippen molar-refractivity contribution < 1.29 is 18.3 Å². The number of nitrogens with zero attached hydrogens (tertiary/aromatic N) is 3. The van der Waals surface area contributed by atoms with Gasteiger partial charge in [-0.1, -0.05) is 6.08 Å². The van der Waals surface area contributed by atoms with Gasteiger partial charge in [0.15, 0.2) is 0 Å². The maximum atomic E-state index is 13.7. The fourth-order valence-corrected chi connectivity index (χ4v) is 7.15. The van der Waals surface area contributed by atoms with Crippen molar-refractivity contribution in [3.8, 4) is 0 Å². The number of piperidine rings is 1. The summed E-state index contributed by atoms with van der Waals surface area (Å²) >= 11 is 1.39. The van der Waals surface area contributed by atoms with Gasteiger partial charge in [0, 0.05) is 18.5 Å². The molecule has 4 atom stereocenters. The summed E-state index contributed by atoms with van der Waals surface area (Å²) in [6, 6.07) is 3.47. The van der Waals surface area contributed by atoms with Crippen molar-refractivity contribution in [1.82, 2.24) is 14.2 Å². The van der Waals surface area contributed by atoms with Crippen molar-refractivity contribution in [3.63, 3.8) is 0 Å². The minimum absolute atomic E-state index is 0.165. The smallest absolute Gasteiger partial charge is 0.244 e. The normalized spacial score (nSPS) is 27.0. The Bertz CT molecular complexity index is 1040. The van der Waals surface area contributed by atoms with Crippen LogP contribution in [0.2, 0.25) is 0 Å². The molecule has 0 aliphatic carbocycles. The van der Waals surface area contributed by atoms with Crippen molar-refractivity contribution >= 4 is 37.5 Å². The van der Waals surface area contributed by atoms with Crippen LogP contribution in [0.15, 0.2) is 41.3 Å². The number of aromatic nitrogens is 1. The Kier molecular flexibility index (Phi) is 5.50. The first kappa shape index (κ1) is 20.5. The number of amides is 1. The second-order valence-electron chi connectivity index (χ2n) is 7.75. The number of aliphatic hydroxyl groups is 1. The zero-order valence-corrected chi connectivity index (χ0v) is 17.9. The molecule has 2 aliphatic rings. The highest BCUT2D eigenvalue weighted by Crippen LogP contribution is 2.38. The van der Waals surface area contributed by atoms with Crippen LogP contribution in [0.25, 0.3) is 10.2 Å². The first-order chi connectivity index (χ1) is 13.9. The third-order valence-corrected chi connectivity index (χ3v) is 8.78. The van der Waals surface area contributed by atoms with Gasteiger partial charge in [0.25, 0.3) is 0 Å². The van der Waals surface area contributed by atoms with Crippen LogP contribution < -0.4 is 0 Å². The highest BCUT2D eigenvalue weighted by Gasteiger charge is 2.50. The average molecular weight is 436 g/mol. The monoisotopic (exact) mass is 435 g/mol. The van der Waals surface area contributed by atoms with Crippen molar-refractivity contribution in [3.05, 3.63) is 36.4 Å². The second kappa shape index (κ2) is 7.79. The van der Waals surface area contributed by atoms with Gasteiger partial charge < -0.3 is 10.0 Å². The fraction of sp³-hybridized carbons (Fsp3) is 0.500. The summed E-state index contributed by atoms with van der Waals surface area (Å²) < 4.78 is 29.7. The Hall–Kier alpha value is -1.81. The summed E-state index contributed by atoms with van der Waals surface area (Å²) in [7, 11) is -3.89. The van der Waals surface area contributed by atoms with Gasteiger partial charge in [0.05, 0.1) is 33.3 Å². The molecule has 2 aromatic rings. The van der Waals surface area contributed by atoms with Crippen LogP contribution in [-0.2, 0) is 14.8 Å². The zero-order valence-electron chi connectivity index (χ0n) is 16.3. The first-order valence-corrected chi connectivity index (χ1v) is 12.1. The van der Waals surface area contributed by atoms with E-state index in [0.717, 1.165) is 16.6 Å². The lowest BCUT2D eigenvalue weighted by Crippen LogP contribution is -2.55. The third kappa shape index (κ3) is 3.39. The van der Waals surface area contributed by atoms with E-state index in [1.165, 1.54) is 15.6 Å². The number of rotatable bonds is 5. The van der Waals surface area contributed by atoms with E-state index in [-0.39, 0.29) is 35.4 Å². The van der Waals surface area contributed by atoms with Gasteiger partial charge in [0.1, 0.15) is 6.04 Å². The van der Waals surface area contributed by atoms with Crippen LogP contribution >= 0.6 is 11.3 Å².